The molecule has 1 heterocycles. The summed E-state index contributed by atoms with van der Waals surface area (Å²) >= 11 is 5.93. The first-order valence-corrected chi connectivity index (χ1v) is 9.19. The fraction of sp³-hybridized carbons (Fsp3) is 0.400. The molecular weight excluding hydrogens is 372 g/mol. The quantitative estimate of drug-likeness (QED) is 0.694. The van der Waals surface area contributed by atoms with Crippen LogP contribution in [0.3, 0.4) is 0 Å². The van der Waals surface area contributed by atoms with E-state index >= 15 is 0 Å². The normalized spacial score (nSPS) is 14.9. The SMILES string of the molecule is CN(C)S(=O)(=O)c1ccc(Cl)c(C(=O)OCC(=O)N2CCCC2=O)c1. The van der Waals surface area contributed by atoms with Crippen molar-refractivity contribution >= 4 is 39.4 Å². The van der Waals surface area contributed by atoms with Crippen LogP contribution in [-0.2, 0) is 24.3 Å². The van der Waals surface area contributed by atoms with Crippen LogP contribution in [0.2, 0.25) is 5.02 Å². The third-order valence-electron chi connectivity index (χ3n) is 3.64. The third kappa shape index (κ3) is 4.17. The first-order chi connectivity index (χ1) is 11.6. The van der Waals surface area contributed by atoms with Crippen molar-refractivity contribution in [2.45, 2.75) is 17.7 Å². The van der Waals surface area contributed by atoms with Crippen molar-refractivity contribution in [2.24, 2.45) is 0 Å². The molecule has 1 fully saturated rings. The lowest BCUT2D eigenvalue weighted by molar-refractivity contribution is -0.143. The molecule has 1 saturated heterocycles. The van der Waals surface area contributed by atoms with Crippen molar-refractivity contribution < 1.29 is 27.5 Å². The fourth-order valence-corrected chi connectivity index (χ4v) is 3.35. The Morgan fingerprint density at radius 3 is 2.56 bits per heavy atom. The summed E-state index contributed by atoms with van der Waals surface area (Å²) in [5.74, 6) is -1.87. The lowest BCUT2D eigenvalue weighted by Crippen LogP contribution is -2.35. The predicted octanol–water partition coefficient (Wildman–Crippen LogP) is 0.896. The van der Waals surface area contributed by atoms with Gasteiger partial charge >= 0.3 is 5.97 Å². The second-order valence-corrected chi connectivity index (χ2v) is 8.11. The van der Waals surface area contributed by atoms with Gasteiger partial charge in [0.1, 0.15) is 0 Å². The molecule has 0 bridgehead atoms. The van der Waals surface area contributed by atoms with Crippen LogP contribution in [0.5, 0.6) is 0 Å². The van der Waals surface area contributed by atoms with Gasteiger partial charge in [-0.05, 0) is 24.6 Å². The Morgan fingerprint density at radius 1 is 1.32 bits per heavy atom. The highest BCUT2D eigenvalue weighted by Gasteiger charge is 2.28. The highest BCUT2D eigenvalue weighted by Crippen LogP contribution is 2.23. The number of sulfonamides is 1. The van der Waals surface area contributed by atoms with Crippen LogP contribution in [0.15, 0.2) is 23.1 Å². The zero-order valence-corrected chi connectivity index (χ0v) is 15.3. The Labute approximate surface area is 150 Å². The van der Waals surface area contributed by atoms with E-state index in [9.17, 15) is 22.8 Å². The van der Waals surface area contributed by atoms with Gasteiger partial charge in [-0.25, -0.2) is 17.5 Å². The molecule has 0 radical (unpaired) electrons. The summed E-state index contributed by atoms with van der Waals surface area (Å²) in [6.07, 6.45) is 0.866. The van der Waals surface area contributed by atoms with Crippen LogP contribution in [0, 0.1) is 0 Å². The Morgan fingerprint density at radius 2 is 2.00 bits per heavy atom. The fourth-order valence-electron chi connectivity index (χ4n) is 2.23. The number of ether oxygens (including phenoxy) is 1. The van der Waals surface area contributed by atoms with Gasteiger partial charge in [0.05, 0.1) is 15.5 Å². The summed E-state index contributed by atoms with van der Waals surface area (Å²) in [5.41, 5.74) is -0.176. The summed E-state index contributed by atoms with van der Waals surface area (Å²) in [6.45, 7) is -0.321. The molecule has 2 amide bonds. The van der Waals surface area contributed by atoms with E-state index < -0.39 is 28.5 Å². The monoisotopic (exact) mass is 388 g/mol. The topological polar surface area (TPSA) is 101 Å². The molecule has 0 unspecified atom stereocenters. The van der Waals surface area contributed by atoms with Gasteiger partial charge in [0.25, 0.3) is 5.91 Å². The van der Waals surface area contributed by atoms with E-state index in [-0.39, 0.29) is 27.8 Å². The third-order valence-corrected chi connectivity index (χ3v) is 5.78. The Bertz CT molecular complexity index is 821. The summed E-state index contributed by atoms with van der Waals surface area (Å²) in [7, 11) is -1.04. The highest BCUT2D eigenvalue weighted by atomic mass is 35.5. The van der Waals surface area contributed by atoms with Crippen molar-refractivity contribution in [3.05, 3.63) is 28.8 Å². The molecule has 0 aromatic heterocycles. The number of benzene rings is 1. The van der Waals surface area contributed by atoms with Crippen LogP contribution < -0.4 is 0 Å². The number of likely N-dealkylation sites (tertiary alicyclic amines) is 1. The molecule has 0 atom stereocenters. The number of hydrogen-bond donors (Lipinski definition) is 0. The van der Waals surface area contributed by atoms with Gasteiger partial charge in [0, 0.05) is 27.1 Å². The first kappa shape index (κ1) is 19.4. The molecule has 1 aliphatic heterocycles. The minimum absolute atomic E-state index is 0.00703. The molecule has 1 aromatic rings. The van der Waals surface area contributed by atoms with Crippen molar-refractivity contribution in [2.75, 3.05) is 27.2 Å². The molecular formula is C15H17ClN2O6S. The average molecular weight is 389 g/mol. The first-order valence-electron chi connectivity index (χ1n) is 7.37. The number of nitrogens with zero attached hydrogens (tertiary/aromatic N) is 2. The standard InChI is InChI=1S/C15H17ClN2O6S/c1-17(2)25(22,23)10-5-6-12(16)11(8-10)15(21)24-9-14(20)18-7-3-4-13(18)19/h5-6,8H,3-4,7,9H2,1-2H3. The summed E-state index contributed by atoms with van der Waals surface area (Å²) in [5, 5.41) is -0.00703. The largest absolute Gasteiger partial charge is 0.452 e. The van der Waals surface area contributed by atoms with Crippen LogP contribution in [0.1, 0.15) is 23.2 Å². The van der Waals surface area contributed by atoms with E-state index in [1.807, 2.05) is 0 Å². The smallest absolute Gasteiger partial charge is 0.340 e. The molecule has 2 rings (SSSR count). The number of halogens is 1. The molecule has 8 nitrogen and oxygen atoms in total. The minimum Gasteiger partial charge on any atom is -0.452 e. The van der Waals surface area contributed by atoms with E-state index in [4.69, 9.17) is 16.3 Å². The highest BCUT2D eigenvalue weighted by molar-refractivity contribution is 7.89. The Kier molecular flexibility index (Phi) is 5.81. The zero-order chi connectivity index (χ0) is 18.8. The number of imide groups is 1. The lowest BCUT2D eigenvalue weighted by Gasteiger charge is -2.14. The minimum atomic E-state index is -3.75. The second kappa shape index (κ2) is 7.51. The maximum atomic E-state index is 12.1. The van der Waals surface area contributed by atoms with Gasteiger partial charge < -0.3 is 4.74 Å². The molecule has 136 valence electrons. The molecule has 0 spiro atoms. The second-order valence-electron chi connectivity index (χ2n) is 5.55. The van der Waals surface area contributed by atoms with Crippen molar-refractivity contribution in [1.29, 1.82) is 0 Å². The number of amides is 2. The van der Waals surface area contributed by atoms with Crippen LogP contribution in [-0.4, -0.2) is 62.7 Å². The molecule has 0 saturated carbocycles. The molecule has 0 aliphatic carbocycles. The van der Waals surface area contributed by atoms with Crippen molar-refractivity contribution in [3.8, 4) is 0 Å². The van der Waals surface area contributed by atoms with Gasteiger partial charge in [0.15, 0.2) is 6.61 Å². The molecule has 1 aliphatic rings. The maximum Gasteiger partial charge on any atom is 0.340 e. The summed E-state index contributed by atoms with van der Waals surface area (Å²) < 4.78 is 30.1. The zero-order valence-electron chi connectivity index (χ0n) is 13.7. The van der Waals surface area contributed by atoms with Gasteiger partial charge in [-0.1, -0.05) is 11.6 Å². The van der Waals surface area contributed by atoms with Crippen LogP contribution >= 0.6 is 11.6 Å². The Balaban J connectivity index is 2.14. The van der Waals surface area contributed by atoms with E-state index in [1.165, 1.54) is 26.2 Å². The van der Waals surface area contributed by atoms with Crippen molar-refractivity contribution in [1.82, 2.24) is 9.21 Å². The molecule has 25 heavy (non-hydrogen) atoms. The van der Waals surface area contributed by atoms with E-state index in [1.54, 1.807) is 0 Å². The maximum absolute atomic E-state index is 12.1. The summed E-state index contributed by atoms with van der Waals surface area (Å²) in [6, 6.07) is 3.62. The number of rotatable bonds is 5. The van der Waals surface area contributed by atoms with Crippen LogP contribution in [0.4, 0.5) is 0 Å². The molecule has 10 heteroatoms. The predicted molar refractivity (Wildman–Crippen MR) is 88.6 cm³/mol. The van der Waals surface area contributed by atoms with E-state index in [0.717, 1.165) is 15.3 Å². The number of carbonyl (C=O) groups is 3. The number of esters is 1. The van der Waals surface area contributed by atoms with E-state index in [2.05, 4.69) is 0 Å². The lowest BCUT2D eigenvalue weighted by atomic mass is 10.2. The van der Waals surface area contributed by atoms with Crippen molar-refractivity contribution in [3.63, 3.8) is 0 Å². The molecule has 0 N–H and O–H groups in total. The summed E-state index contributed by atoms with van der Waals surface area (Å²) in [4.78, 5) is 36.4. The number of hydrogen-bond acceptors (Lipinski definition) is 6. The average Bonchev–Trinajstić information content (AvgIpc) is 2.98. The van der Waals surface area contributed by atoms with Gasteiger partial charge in [-0.3, -0.25) is 14.5 Å². The molecule has 1 aromatic carbocycles. The van der Waals surface area contributed by atoms with Gasteiger partial charge in [-0.15, -0.1) is 0 Å². The van der Waals surface area contributed by atoms with E-state index in [0.29, 0.717) is 13.0 Å². The van der Waals surface area contributed by atoms with Crippen LogP contribution in [0.25, 0.3) is 0 Å². The van der Waals surface area contributed by atoms with Gasteiger partial charge in [-0.2, -0.15) is 0 Å². The number of carbonyl (C=O) groups excluding carboxylic acids is 3. The van der Waals surface area contributed by atoms with Gasteiger partial charge in [0.2, 0.25) is 15.9 Å². The Hall–Kier alpha value is -1.97.